The summed E-state index contributed by atoms with van der Waals surface area (Å²) in [6.45, 7) is 4.91. The van der Waals surface area contributed by atoms with Crippen LogP contribution in [0.3, 0.4) is 0 Å². The van der Waals surface area contributed by atoms with E-state index in [2.05, 4.69) is 55.6 Å². The molecule has 0 aliphatic heterocycles. The lowest BCUT2D eigenvalue weighted by Gasteiger charge is -2.20. The van der Waals surface area contributed by atoms with Crippen molar-refractivity contribution in [1.82, 2.24) is 5.32 Å². The molecule has 0 rings (SSSR count). The molecular formula is C83H157NO5. The molecule has 2 atom stereocenters. The Morgan fingerprint density at radius 2 is 0.562 bits per heavy atom. The zero-order valence-corrected chi connectivity index (χ0v) is 60.2. The third-order valence-corrected chi connectivity index (χ3v) is 18.8. The summed E-state index contributed by atoms with van der Waals surface area (Å²) in [4.78, 5) is 24.6. The first-order valence-corrected chi connectivity index (χ1v) is 40.4. The number of esters is 1. The van der Waals surface area contributed by atoms with Gasteiger partial charge in [-0.3, -0.25) is 9.59 Å². The highest BCUT2D eigenvalue weighted by molar-refractivity contribution is 5.76. The first-order chi connectivity index (χ1) is 44.0. The Morgan fingerprint density at radius 3 is 0.888 bits per heavy atom. The lowest BCUT2D eigenvalue weighted by atomic mass is 10.0. The summed E-state index contributed by atoms with van der Waals surface area (Å²) < 4.78 is 5.51. The van der Waals surface area contributed by atoms with Crippen molar-refractivity contribution in [2.45, 2.75) is 456 Å². The molecule has 0 aromatic rings. The van der Waals surface area contributed by atoms with Crippen LogP contribution in [-0.2, 0) is 14.3 Å². The van der Waals surface area contributed by atoms with Crippen molar-refractivity contribution in [3.63, 3.8) is 0 Å². The van der Waals surface area contributed by atoms with E-state index < -0.39 is 12.1 Å². The average molecular weight is 1250 g/mol. The Morgan fingerprint density at radius 1 is 0.315 bits per heavy atom. The summed E-state index contributed by atoms with van der Waals surface area (Å²) in [7, 11) is 0. The fraction of sp³-hybridized carbons (Fsp3) is 0.880. The van der Waals surface area contributed by atoms with Gasteiger partial charge in [-0.2, -0.15) is 0 Å². The van der Waals surface area contributed by atoms with Gasteiger partial charge in [-0.15, -0.1) is 0 Å². The number of nitrogens with one attached hydrogen (secondary N) is 1. The van der Waals surface area contributed by atoms with Crippen LogP contribution >= 0.6 is 0 Å². The Labute approximate surface area is 556 Å². The fourth-order valence-corrected chi connectivity index (χ4v) is 12.7. The zero-order chi connectivity index (χ0) is 64.2. The lowest BCUT2D eigenvalue weighted by molar-refractivity contribution is -0.143. The van der Waals surface area contributed by atoms with Gasteiger partial charge in [0, 0.05) is 12.8 Å². The van der Waals surface area contributed by atoms with Crippen LogP contribution < -0.4 is 5.32 Å². The normalized spacial score (nSPS) is 12.7. The van der Waals surface area contributed by atoms with Crippen molar-refractivity contribution in [3.8, 4) is 0 Å². The number of amides is 1. The lowest BCUT2D eigenvalue weighted by Crippen LogP contribution is -2.45. The number of aliphatic hydroxyl groups excluding tert-OH is 2. The molecule has 0 aliphatic carbocycles. The molecule has 0 heterocycles. The molecule has 524 valence electrons. The molecule has 89 heavy (non-hydrogen) atoms. The van der Waals surface area contributed by atoms with Crippen LogP contribution in [0.15, 0.2) is 48.6 Å². The van der Waals surface area contributed by atoms with E-state index >= 15 is 0 Å². The minimum Gasteiger partial charge on any atom is -0.466 e. The third kappa shape index (κ3) is 74.7. The van der Waals surface area contributed by atoms with Crippen molar-refractivity contribution < 1.29 is 24.5 Å². The topological polar surface area (TPSA) is 95.9 Å². The van der Waals surface area contributed by atoms with E-state index in [4.69, 9.17) is 4.74 Å². The van der Waals surface area contributed by atoms with Crippen LogP contribution in [0, 0.1) is 0 Å². The standard InChI is InChI=1S/C83H157NO5/c1-3-5-7-9-11-13-15-17-19-44-49-53-57-61-65-69-73-77-83(88)89-78-74-70-66-62-58-54-50-46-43-41-39-37-35-33-31-29-27-25-23-21-22-24-26-28-30-32-34-36-38-40-42-45-48-52-56-60-64-68-72-76-82(87)84-80(79-85)81(86)75-71-67-63-59-55-51-47-20-18-16-14-12-10-8-6-4-2/h11,13,17,19,21-22,71,75,80-81,85-86H,3-10,12,14-16,18,20,23-70,72-74,76-79H2,1-2H3,(H,84,87)/b13-11-,19-17-,22-21-,75-71+. The highest BCUT2D eigenvalue weighted by Crippen LogP contribution is 2.19. The molecule has 0 saturated carbocycles. The zero-order valence-electron chi connectivity index (χ0n) is 60.2. The van der Waals surface area contributed by atoms with E-state index in [0.29, 0.717) is 19.4 Å². The number of carbonyl (C=O) groups is 2. The maximum absolute atomic E-state index is 12.5. The van der Waals surface area contributed by atoms with Crippen LogP contribution in [0.2, 0.25) is 0 Å². The van der Waals surface area contributed by atoms with Gasteiger partial charge in [0.05, 0.1) is 25.4 Å². The van der Waals surface area contributed by atoms with Gasteiger partial charge in [-0.25, -0.2) is 0 Å². The molecule has 0 aromatic heterocycles. The maximum Gasteiger partial charge on any atom is 0.305 e. The second-order valence-corrected chi connectivity index (χ2v) is 27.7. The van der Waals surface area contributed by atoms with Crippen LogP contribution in [0.1, 0.15) is 444 Å². The molecule has 0 aliphatic rings. The summed E-state index contributed by atoms with van der Waals surface area (Å²) in [5.41, 5.74) is 0. The number of allylic oxidation sites excluding steroid dienone is 7. The van der Waals surface area contributed by atoms with Gasteiger partial charge >= 0.3 is 5.97 Å². The highest BCUT2D eigenvalue weighted by Gasteiger charge is 2.18. The van der Waals surface area contributed by atoms with Crippen LogP contribution in [0.25, 0.3) is 0 Å². The Bertz CT molecular complexity index is 1490. The molecule has 6 nitrogen and oxygen atoms in total. The van der Waals surface area contributed by atoms with Gasteiger partial charge in [0.1, 0.15) is 0 Å². The largest absolute Gasteiger partial charge is 0.466 e. The number of hydrogen-bond donors (Lipinski definition) is 3. The monoisotopic (exact) mass is 1250 g/mol. The number of aliphatic hydroxyl groups is 2. The second-order valence-electron chi connectivity index (χ2n) is 27.7. The molecular weight excluding hydrogens is 1090 g/mol. The summed E-state index contributed by atoms with van der Waals surface area (Å²) in [6, 6.07) is -0.625. The molecule has 0 radical (unpaired) electrons. The Kier molecular flexibility index (Phi) is 76.3. The molecule has 0 saturated heterocycles. The van der Waals surface area contributed by atoms with Crippen molar-refractivity contribution >= 4 is 11.9 Å². The number of carbonyl (C=O) groups excluding carboxylic acids is 2. The van der Waals surface area contributed by atoms with Crippen molar-refractivity contribution in [3.05, 3.63) is 48.6 Å². The number of hydrogen-bond acceptors (Lipinski definition) is 5. The van der Waals surface area contributed by atoms with Gasteiger partial charge in [0.25, 0.3) is 0 Å². The predicted molar refractivity (Wildman–Crippen MR) is 393 cm³/mol. The average Bonchev–Trinajstić information content (AvgIpc) is 3.62. The minimum absolute atomic E-state index is 0.0149. The predicted octanol–water partition coefficient (Wildman–Crippen LogP) is 26.8. The summed E-state index contributed by atoms with van der Waals surface area (Å²) >= 11 is 0. The van der Waals surface area contributed by atoms with Crippen molar-refractivity contribution in [1.29, 1.82) is 0 Å². The van der Waals surface area contributed by atoms with Crippen LogP contribution in [0.4, 0.5) is 0 Å². The van der Waals surface area contributed by atoms with Gasteiger partial charge in [-0.05, 0) is 89.9 Å². The molecule has 0 spiro atoms. The minimum atomic E-state index is -0.842. The number of unbranched alkanes of at least 4 members (excludes halogenated alkanes) is 59. The number of rotatable bonds is 76. The molecule has 0 fully saturated rings. The smallest absolute Gasteiger partial charge is 0.305 e. The van der Waals surface area contributed by atoms with E-state index in [9.17, 15) is 19.8 Å². The highest BCUT2D eigenvalue weighted by atomic mass is 16.5. The third-order valence-electron chi connectivity index (χ3n) is 18.8. The maximum atomic E-state index is 12.5. The van der Waals surface area contributed by atoms with Gasteiger partial charge in [-0.1, -0.05) is 390 Å². The van der Waals surface area contributed by atoms with Gasteiger partial charge < -0.3 is 20.3 Å². The summed E-state index contributed by atoms with van der Waals surface area (Å²) in [6.07, 6.45) is 104. The first kappa shape index (κ1) is 86.8. The molecule has 1 amide bonds. The Hall–Kier alpha value is -2.18. The SMILES string of the molecule is CCCCC/C=C\C/C=C\CCCCCCCCCC(=O)OCCCCCCCCCCCCCCCCCCCC/C=C\CCCCCCCCCCCCCCCCCCCC(=O)NC(CO)C(O)/C=C/CCCCCCCCCCCCCCCC. The van der Waals surface area contributed by atoms with Gasteiger partial charge in [0.2, 0.25) is 5.91 Å². The van der Waals surface area contributed by atoms with E-state index in [1.165, 1.54) is 366 Å². The quantitative estimate of drug-likeness (QED) is 0.0320. The van der Waals surface area contributed by atoms with Gasteiger partial charge in [0.15, 0.2) is 0 Å². The first-order valence-electron chi connectivity index (χ1n) is 40.4. The van der Waals surface area contributed by atoms with E-state index in [0.717, 1.165) is 51.4 Å². The fourth-order valence-electron chi connectivity index (χ4n) is 12.7. The second kappa shape index (κ2) is 78.3. The van der Waals surface area contributed by atoms with E-state index in [1.54, 1.807) is 6.08 Å². The van der Waals surface area contributed by atoms with Crippen molar-refractivity contribution in [2.75, 3.05) is 13.2 Å². The summed E-state index contributed by atoms with van der Waals surface area (Å²) in [5, 5.41) is 23.2. The number of ether oxygens (including phenoxy) is 1. The molecule has 0 aromatic carbocycles. The van der Waals surface area contributed by atoms with E-state index in [1.807, 2.05) is 6.08 Å². The molecule has 0 bridgehead atoms. The van der Waals surface area contributed by atoms with E-state index in [-0.39, 0.29) is 18.5 Å². The van der Waals surface area contributed by atoms with Crippen LogP contribution in [-0.4, -0.2) is 47.4 Å². The Balaban J connectivity index is 3.33. The molecule has 2 unspecified atom stereocenters. The summed E-state index contributed by atoms with van der Waals surface area (Å²) in [5.74, 6) is -0.0458. The molecule has 6 heteroatoms. The molecule has 3 N–H and O–H groups in total. The van der Waals surface area contributed by atoms with Crippen LogP contribution in [0.5, 0.6) is 0 Å². The van der Waals surface area contributed by atoms with Crippen molar-refractivity contribution in [2.24, 2.45) is 0 Å².